The van der Waals surface area contributed by atoms with Gasteiger partial charge in [0.1, 0.15) is 5.60 Å². The van der Waals surface area contributed by atoms with Crippen molar-refractivity contribution in [3.63, 3.8) is 0 Å². The van der Waals surface area contributed by atoms with Crippen LogP contribution in [0.2, 0.25) is 0 Å². The number of benzene rings is 2. The smallest absolute Gasteiger partial charge is 0.419 e. The molecule has 0 radical (unpaired) electrons. The fourth-order valence-corrected chi connectivity index (χ4v) is 3.94. The fourth-order valence-electron chi connectivity index (χ4n) is 2.88. The molecular formula is C22H25NO4S. The minimum absolute atomic E-state index is 0.219. The molecule has 5 nitrogen and oxygen atoms in total. The number of rotatable bonds is 3. The molecule has 0 aliphatic carbocycles. The number of amides is 1. The Morgan fingerprint density at radius 1 is 0.929 bits per heavy atom. The Morgan fingerprint density at radius 3 is 1.89 bits per heavy atom. The molecule has 3 rings (SSSR count). The first kappa shape index (κ1) is 20.3. The highest BCUT2D eigenvalue weighted by Gasteiger charge is 2.35. The first-order valence-electron chi connectivity index (χ1n) is 9.27. The molecule has 0 saturated carbocycles. The Hall–Kier alpha value is -2.47. The average molecular weight is 400 g/mol. The van der Waals surface area contributed by atoms with Crippen LogP contribution in [0.25, 0.3) is 0 Å². The van der Waals surface area contributed by atoms with Crippen LogP contribution in [0.4, 0.5) is 16.2 Å². The highest BCUT2D eigenvalue weighted by Crippen LogP contribution is 2.48. The van der Waals surface area contributed by atoms with E-state index in [-0.39, 0.29) is 5.92 Å². The van der Waals surface area contributed by atoms with E-state index >= 15 is 0 Å². The van der Waals surface area contributed by atoms with Gasteiger partial charge in [-0.1, -0.05) is 49.9 Å². The molecule has 0 unspecified atom stereocenters. The summed E-state index contributed by atoms with van der Waals surface area (Å²) in [6.07, 6.45) is -1.58. The predicted octanol–water partition coefficient (Wildman–Crippen LogP) is 5.79. The molecule has 1 aliphatic heterocycles. The van der Waals surface area contributed by atoms with Gasteiger partial charge in [0.2, 0.25) is 6.10 Å². The van der Waals surface area contributed by atoms with E-state index < -0.39 is 23.8 Å². The first-order valence-corrected chi connectivity index (χ1v) is 10.1. The van der Waals surface area contributed by atoms with Crippen molar-refractivity contribution < 1.29 is 19.1 Å². The summed E-state index contributed by atoms with van der Waals surface area (Å²) in [5.41, 5.74) is 0.822. The molecule has 0 aromatic heterocycles. The Balaban J connectivity index is 1.92. The van der Waals surface area contributed by atoms with Gasteiger partial charge in [0.05, 0.1) is 11.4 Å². The third-order valence-electron chi connectivity index (χ3n) is 4.09. The monoisotopic (exact) mass is 399 g/mol. The number of ether oxygens (including phenoxy) is 2. The topological polar surface area (TPSA) is 55.8 Å². The van der Waals surface area contributed by atoms with Crippen LogP contribution in [0.5, 0.6) is 0 Å². The van der Waals surface area contributed by atoms with Crippen molar-refractivity contribution in [3.8, 4) is 0 Å². The molecule has 0 spiro atoms. The first-order chi connectivity index (χ1) is 13.2. The van der Waals surface area contributed by atoms with E-state index in [2.05, 4.69) is 0 Å². The summed E-state index contributed by atoms with van der Waals surface area (Å²) in [6.45, 7) is 9.03. The van der Waals surface area contributed by atoms with Crippen molar-refractivity contribution in [1.82, 2.24) is 0 Å². The zero-order chi connectivity index (χ0) is 20.5. The van der Waals surface area contributed by atoms with Gasteiger partial charge in [0.15, 0.2) is 0 Å². The highest BCUT2D eigenvalue weighted by atomic mass is 32.2. The van der Waals surface area contributed by atoms with Gasteiger partial charge in [0.25, 0.3) is 0 Å². The number of hydrogen-bond acceptors (Lipinski definition) is 5. The van der Waals surface area contributed by atoms with Crippen LogP contribution < -0.4 is 4.90 Å². The molecule has 2 aromatic rings. The van der Waals surface area contributed by atoms with Crippen molar-refractivity contribution in [2.75, 3.05) is 4.90 Å². The van der Waals surface area contributed by atoms with E-state index in [1.807, 2.05) is 62.4 Å². The average Bonchev–Trinajstić information content (AvgIpc) is 2.62. The molecule has 28 heavy (non-hydrogen) atoms. The predicted molar refractivity (Wildman–Crippen MR) is 110 cm³/mol. The van der Waals surface area contributed by atoms with Gasteiger partial charge in [-0.3, -0.25) is 0 Å². The van der Waals surface area contributed by atoms with Crippen LogP contribution in [0.1, 0.15) is 34.6 Å². The number of fused-ring (bicyclic) bond motifs is 2. The van der Waals surface area contributed by atoms with E-state index in [9.17, 15) is 9.59 Å². The van der Waals surface area contributed by atoms with E-state index in [4.69, 9.17) is 9.47 Å². The maximum absolute atomic E-state index is 13.2. The van der Waals surface area contributed by atoms with Crippen molar-refractivity contribution in [2.24, 2.45) is 5.92 Å². The van der Waals surface area contributed by atoms with Gasteiger partial charge < -0.3 is 9.47 Å². The molecule has 0 saturated heterocycles. The fraction of sp³-hybridized carbons (Fsp3) is 0.364. The summed E-state index contributed by atoms with van der Waals surface area (Å²) in [4.78, 5) is 29.2. The quantitative estimate of drug-likeness (QED) is 0.611. The van der Waals surface area contributed by atoms with E-state index in [1.165, 1.54) is 4.90 Å². The molecule has 2 aromatic carbocycles. The molecule has 1 amide bonds. The molecule has 6 heteroatoms. The van der Waals surface area contributed by atoms with Crippen LogP contribution in [0.3, 0.4) is 0 Å². The Bertz CT molecular complexity index is 843. The molecule has 0 bridgehead atoms. The molecule has 1 aliphatic rings. The lowest BCUT2D eigenvalue weighted by atomic mass is 10.1. The lowest BCUT2D eigenvalue weighted by molar-refractivity contribution is -0.167. The minimum Gasteiger partial charge on any atom is -0.457 e. The number of esters is 1. The van der Waals surface area contributed by atoms with E-state index in [0.29, 0.717) is 0 Å². The molecule has 0 N–H and O–H groups in total. The Kier molecular flexibility index (Phi) is 5.70. The number of carbonyl (C=O) groups excluding carboxylic acids is 2. The Morgan fingerprint density at radius 2 is 1.43 bits per heavy atom. The Labute approximate surface area is 170 Å². The number of nitrogens with zero attached hydrogens (tertiary/aromatic N) is 1. The summed E-state index contributed by atoms with van der Waals surface area (Å²) < 4.78 is 11.1. The van der Waals surface area contributed by atoms with Crippen LogP contribution in [0, 0.1) is 5.92 Å². The van der Waals surface area contributed by atoms with Crippen LogP contribution in [0.15, 0.2) is 58.3 Å². The van der Waals surface area contributed by atoms with Crippen LogP contribution in [-0.2, 0) is 14.3 Å². The van der Waals surface area contributed by atoms with Crippen molar-refractivity contribution in [1.29, 1.82) is 0 Å². The number of carbonyl (C=O) groups is 2. The second-order valence-corrected chi connectivity index (χ2v) is 9.04. The number of para-hydroxylation sites is 2. The minimum atomic E-state index is -0.986. The maximum Gasteiger partial charge on any atom is 0.419 e. The third-order valence-corrected chi connectivity index (χ3v) is 5.22. The summed E-state index contributed by atoms with van der Waals surface area (Å²) >= 11 is 1.60. The summed E-state index contributed by atoms with van der Waals surface area (Å²) in [7, 11) is 0. The van der Waals surface area contributed by atoms with Gasteiger partial charge in [-0.2, -0.15) is 0 Å². The second-order valence-electron chi connectivity index (χ2n) is 7.95. The van der Waals surface area contributed by atoms with Gasteiger partial charge in [0, 0.05) is 15.7 Å². The van der Waals surface area contributed by atoms with E-state index in [0.717, 1.165) is 21.2 Å². The molecule has 148 valence electrons. The number of hydrogen-bond donors (Lipinski definition) is 0. The van der Waals surface area contributed by atoms with Gasteiger partial charge in [-0.25, -0.2) is 14.5 Å². The standard InChI is InChI=1S/C22H25NO4S/c1-14(2)19(20(24)27-22(3,4)5)26-21(25)23-15-10-6-8-12-17(15)28-18-13-9-7-11-16(18)23/h6-14,19H,1-5H3/t19-/m0/s1. The summed E-state index contributed by atoms with van der Waals surface area (Å²) in [6, 6.07) is 15.3. The van der Waals surface area contributed by atoms with E-state index in [1.54, 1.807) is 32.5 Å². The lowest BCUT2D eigenvalue weighted by Crippen LogP contribution is -2.41. The maximum atomic E-state index is 13.2. The van der Waals surface area contributed by atoms with Gasteiger partial charge >= 0.3 is 12.1 Å². The molecule has 1 heterocycles. The highest BCUT2D eigenvalue weighted by molar-refractivity contribution is 7.99. The zero-order valence-electron chi connectivity index (χ0n) is 16.8. The molecule has 0 fully saturated rings. The van der Waals surface area contributed by atoms with Crippen molar-refractivity contribution >= 4 is 35.2 Å². The van der Waals surface area contributed by atoms with Gasteiger partial charge in [-0.05, 0) is 45.0 Å². The van der Waals surface area contributed by atoms with Crippen molar-refractivity contribution in [3.05, 3.63) is 48.5 Å². The third kappa shape index (κ3) is 4.33. The summed E-state index contributed by atoms with van der Waals surface area (Å²) in [5.74, 6) is -0.757. The van der Waals surface area contributed by atoms with Crippen LogP contribution >= 0.6 is 11.8 Å². The molecular weight excluding hydrogens is 374 g/mol. The molecule has 1 atom stereocenters. The summed E-state index contributed by atoms with van der Waals surface area (Å²) in [5, 5.41) is 0. The normalized spacial score (nSPS) is 14.1. The lowest BCUT2D eigenvalue weighted by Gasteiger charge is -2.32. The largest absolute Gasteiger partial charge is 0.457 e. The van der Waals surface area contributed by atoms with Crippen LogP contribution in [-0.4, -0.2) is 23.8 Å². The second kappa shape index (κ2) is 7.87. The zero-order valence-corrected chi connectivity index (χ0v) is 17.6. The SMILES string of the molecule is CC(C)[C@H](OC(=O)N1c2ccccc2Sc2ccccc21)C(=O)OC(C)(C)C. The van der Waals surface area contributed by atoms with Gasteiger partial charge in [-0.15, -0.1) is 0 Å². The number of anilines is 2. The van der Waals surface area contributed by atoms with Crippen molar-refractivity contribution in [2.45, 2.75) is 56.1 Å².